The number of fused-ring (bicyclic) bond motifs is 1. The van der Waals surface area contributed by atoms with Gasteiger partial charge in [-0.05, 0) is 29.8 Å². The first-order valence-corrected chi connectivity index (χ1v) is 9.91. The molecule has 2 heterocycles. The van der Waals surface area contributed by atoms with Crippen LogP contribution in [0.4, 0.5) is 0 Å². The minimum absolute atomic E-state index is 0.189. The van der Waals surface area contributed by atoms with Gasteiger partial charge in [0.05, 0.1) is 46.5 Å². The normalized spacial score (nSPS) is 12.2. The largest absolute Gasteiger partial charge is 0.387 e. The van der Waals surface area contributed by atoms with E-state index in [9.17, 15) is 5.11 Å². The molecular weight excluding hydrogens is 423 g/mol. The third-order valence-electron chi connectivity index (χ3n) is 4.82. The Hall–Kier alpha value is -3.05. The third kappa shape index (κ3) is 3.85. The molecule has 0 amide bonds. The summed E-state index contributed by atoms with van der Waals surface area (Å²) in [6.07, 6.45) is 6.23. The van der Waals surface area contributed by atoms with Crippen LogP contribution >= 0.6 is 23.2 Å². The third-order valence-corrected chi connectivity index (χ3v) is 5.56. The summed E-state index contributed by atoms with van der Waals surface area (Å²) in [6.45, 7) is 0.886. The Morgan fingerprint density at radius 2 is 1.83 bits per heavy atom. The summed E-state index contributed by atoms with van der Waals surface area (Å²) >= 11 is 12.1. The number of nitrogens with one attached hydrogen (secondary N) is 1. The molecule has 9 heteroatoms. The summed E-state index contributed by atoms with van der Waals surface area (Å²) in [4.78, 5) is 0. The van der Waals surface area contributed by atoms with Gasteiger partial charge in [0.25, 0.3) is 0 Å². The number of imidazole rings is 1. The summed E-state index contributed by atoms with van der Waals surface area (Å²) < 4.78 is 5.15. The van der Waals surface area contributed by atoms with E-state index in [0.717, 1.165) is 11.0 Å². The van der Waals surface area contributed by atoms with E-state index in [4.69, 9.17) is 35.0 Å². The van der Waals surface area contributed by atoms with Crippen molar-refractivity contribution in [2.24, 2.45) is 0 Å². The van der Waals surface area contributed by atoms with Gasteiger partial charge in [-0.15, -0.1) is 11.5 Å². The van der Waals surface area contributed by atoms with Crippen molar-refractivity contribution in [3.05, 3.63) is 75.6 Å². The molecule has 0 saturated heterocycles. The quantitative estimate of drug-likeness (QED) is 0.451. The van der Waals surface area contributed by atoms with Gasteiger partial charge in [-0.25, -0.2) is 4.68 Å². The van der Waals surface area contributed by atoms with Crippen LogP contribution in [-0.2, 0) is 19.6 Å². The number of benzene rings is 2. The molecule has 4 rings (SSSR count). The Kier molecular flexibility index (Phi) is 5.64. The predicted molar refractivity (Wildman–Crippen MR) is 115 cm³/mol. The number of nitrogens with zero attached hydrogens (tertiary/aromatic N) is 5. The van der Waals surface area contributed by atoms with E-state index in [2.05, 4.69) is 16.2 Å². The molecule has 2 N–H and O–H groups in total. The van der Waals surface area contributed by atoms with Gasteiger partial charge in [-0.1, -0.05) is 52.5 Å². The lowest BCUT2D eigenvalue weighted by molar-refractivity contribution is 0.155. The fraction of sp³-hybridized carbons (Fsp3) is 0.190. The highest BCUT2D eigenvalue weighted by atomic mass is 35.5. The predicted octanol–water partition coefficient (Wildman–Crippen LogP) is 3.24. The number of aliphatic hydroxyl groups excluding tert-OH is 1. The maximum absolute atomic E-state index is 10.8. The molecule has 0 aliphatic heterocycles. The van der Waals surface area contributed by atoms with Gasteiger partial charge in [-0.2, -0.15) is 0 Å². The molecule has 152 valence electrons. The van der Waals surface area contributed by atoms with Crippen molar-refractivity contribution in [2.45, 2.75) is 25.7 Å². The van der Waals surface area contributed by atoms with E-state index in [1.54, 1.807) is 33.6 Å². The minimum Gasteiger partial charge on any atom is -0.387 e. The topological polar surface area (TPSA) is 84.7 Å². The fourth-order valence-corrected chi connectivity index (χ4v) is 3.69. The van der Waals surface area contributed by atoms with Crippen molar-refractivity contribution in [3.63, 3.8) is 0 Å². The van der Waals surface area contributed by atoms with Crippen LogP contribution in [0, 0.1) is 17.8 Å². The van der Waals surface area contributed by atoms with Gasteiger partial charge < -0.3 is 14.2 Å². The SMILES string of the molecule is C#CCn1cc(Cn2c(=N)n(CC(O)c3ccc(Cl)c(Cl)c3)c3ccccc32)nn1. The fourth-order valence-electron chi connectivity index (χ4n) is 3.38. The maximum Gasteiger partial charge on any atom is 0.203 e. The van der Waals surface area contributed by atoms with E-state index in [1.165, 1.54) is 0 Å². The van der Waals surface area contributed by atoms with Crippen molar-refractivity contribution >= 4 is 34.2 Å². The van der Waals surface area contributed by atoms with Crippen LogP contribution in [-0.4, -0.2) is 29.2 Å². The Morgan fingerprint density at radius 1 is 1.10 bits per heavy atom. The summed E-state index contributed by atoms with van der Waals surface area (Å²) in [6, 6.07) is 12.7. The second-order valence-electron chi connectivity index (χ2n) is 6.81. The van der Waals surface area contributed by atoms with E-state index < -0.39 is 6.10 Å². The molecule has 0 aliphatic carbocycles. The van der Waals surface area contributed by atoms with Crippen molar-refractivity contribution in [1.29, 1.82) is 5.41 Å². The van der Waals surface area contributed by atoms with Gasteiger partial charge in [0.2, 0.25) is 5.62 Å². The summed E-state index contributed by atoms with van der Waals surface area (Å²) in [7, 11) is 0. The van der Waals surface area contributed by atoms with E-state index >= 15 is 0 Å². The lowest BCUT2D eigenvalue weighted by Gasteiger charge is -2.13. The van der Waals surface area contributed by atoms with Crippen LogP contribution in [0.5, 0.6) is 0 Å². The first kappa shape index (κ1) is 20.2. The van der Waals surface area contributed by atoms with Crippen LogP contribution < -0.4 is 5.62 Å². The van der Waals surface area contributed by atoms with Crippen LogP contribution in [0.15, 0.2) is 48.7 Å². The van der Waals surface area contributed by atoms with Crippen molar-refractivity contribution < 1.29 is 5.11 Å². The standard InChI is InChI=1S/C21H18Cl2N6O/c1-2-9-27-11-15(25-26-27)12-28-18-5-3-4-6-19(18)29(21(28)24)13-20(30)14-7-8-16(22)17(23)10-14/h1,3-8,10-11,20,24,30H,9,12-13H2. The first-order valence-electron chi connectivity index (χ1n) is 9.16. The molecule has 0 bridgehead atoms. The van der Waals surface area contributed by atoms with Crippen LogP contribution in [0.2, 0.25) is 10.0 Å². The number of para-hydroxylation sites is 2. The number of rotatable bonds is 6. The Bertz CT molecular complexity index is 1310. The zero-order valence-electron chi connectivity index (χ0n) is 15.8. The van der Waals surface area contributed by atoms with Gasteiger partial charge in [-0.3, -0.25) is 5.41 Å². The number of hydrogen-bond acceptors (Lipinski definition) is 4. The number of hydrogen-bond donors (Lipinski definition) is 2. The lowest BCUT2D eigenvalue weighted by atomic mass is 10.1. The molecule has 1 unspecified atom stereocenters. The second kappa shape index (κ2) is 8.36. The molecule has 7 nitrogen and oxygen atoms in total. The van der Waals surface area contributed by atoms with Crippen molar-refractivity contribution in [1.82, 2.24) is 24.1 Å². The van der Waals surface area contributed by atoms with Crippen LogP contribution in [0.3, 0.4) is 0 Å². The summed E-state index contributed by atoms with van der Waals surface area (Å²) in [5.41, 5.74) is 3.25. The number of aromatic nitrogens is 5. The molecular formula is C21H18Cl2N6O. The van der Waals surface area contributed by atoms with Gasteiger partial charge in [0, 0.05) is 0 Å². The Morgan fingerprint density at radius 3 is 2.53 bits per heavy atom. The molecule has 0 saturated carbocycles. The van der Waals surface area contributed by atoms with E-state index in [1.807, 2.05) is 28.8 Å². The minimum atomic E-state index is -0.857. The van der Waals surface area contributed by atoms with Crippen LogP contribution in [0.25, 0.3) is 11.0 Å². The smallest absolute Gasteiger partial charge is 0.203 e. The molecule has 2 aromatic carbocycles. The highest BCUT2D eigenvalue weighted by Crippen LogP contribution is 2.27. The highest BCUT2D eigenvalue weighted by Gasteiger charge is 2.17. The highest BCUT2D eigenvalue weighted by molar-refractivity contribution is 6.42. The molecule has 0 radical (unpaired) electrons. The van der Waals surface area contributed by atoms with Crippen molar-refractivity contribution in [3.8, 4) is 12.3 Å². The zero-order valence-corrected chi connectivity index (χ0v) is 17.3. The molecule has 30 heavy (non-hydrogen) atoms. The molecule has 0 spiro atoms. The monoisotopic (exact) mass is 440 g/mol. The van der Waals surface area contributed by atoms with E-state index in [-0.39, 0.29) is 12.2 Å². The van der Waals surface area contributed by atoms with Gasteiger partial charge in [0.1, 0.15) is 12.2 Å². The number of aliphatic hydroxyl groups is 1. The average molecular weight is 441 g/mol. The van der Waals surface area contributed by atoms with E-state index in [0.29, 0.717) is 34.4 Å². The molecule has 2 aromatic heterocycles. The molecule has 1 atom stereocenters. The van der Waals surface area contributed by atoms with Crippen molar-refractivity contribution in [2.75, 3.05) is 0 Å². The second-order valence-corrected chi connectivity index (χ2v) is 7.62. The van der Waals surface area contributed by atoms with Gasteiger partial charge in [0.15, 0.2) is 0 Å². The van der Waals surface area contributed by atoms with Gasteiger partial charge >= 0.3 is 0 Å². The Labute approximate surface area is 182 Å². The first-order chi connectivity index (χ1) is 14.5. The summed E-state index contributed by atoms with van der Waals surface area (Å²) in [5, 5.41) is 28.4. The zero-order chi connectivity index (χ0) is 21.3. The van der Waals surface area contributed by atoms with Crippen LogP contribution in [0.1, 0.15) is 17.4 Å². The maximum atomic E-state index is 10.8. The summed E-state index contributed by atoms with van der Waals surface area (Å²) in [5.74, 6) is 2.52. The molecule has 4 aromatic rings. The molecule has 0 fully saturated rings. The number of terminal acetylenes is 1. The Balaban J connectivity index is 1.70. The molecule has 0 aliphatic rings. The number of halogens is 2. The average Bonchev–Trinajstić information content (AvgIpc) is 3.28. The lowest BCUT2D eigenvalue weighted by Crippen LogP contribution is -2.27.